The van der Waals surface area contributed by atoms with Gasteiger partial charge in [-0.2, -0.15) is 0 Å². The van der Waals surface area contributed by atoms with E-state index in [0.717, 1.165) is 11.1 Å². The number of ether oxygens (including phenoxy) is 5. The molecule has 7 nitrogen and oxygen atoms in total. The highest BCUT2D eigenvalue weighted by Crippen LogP contribution is 2.41. The van der Waals surface area contributed by atoms with Crippen molar-refractivity contribution in [2.45, 2.75) is 11.8 Å². The lowest BCUT2D eigenvalue weighted by atomic mass is 9.80. The Kier molecular flexibility index (Phi) is 8.00. The fourth-order valence-corrected chi connectivity index (χ4v) is 3.98. The van der Waals surface area contributed by atoms with E-state index in [0.29, 0.717) is 49.3 Å². The van der Waals surface area contributed by atoms with E-state index in [1.807, 2.05) is 29.2 Å². The van der Waals surface area contributed by atoms with Gasteiger partial charge in [-0.25, -0.2) is 0 Å². The molecule has 7 heteroatoms. The van der Waals surface area contributed by atoms with E-state index in [2.05, 4.69) is 6.58 Å². The third kappa shape index (κ3) is 5.16. The molecule has 0 aromatic heterocycles. The largest absolute Gasteiger partial charge is 0.497 e. The number of carbonyl (C=O) groups is 1. The van der Waals surface area contributed by atoms with Crippen LogP contribution in [0.5, 0.6) is 23.0 Å². The number of amides is 1. The van der Waals surface area contributed by atoms with Crippen LogP contribution in [0, 0.1) is 0 Å². The van der Waals surface area contributed by atoms with Gasteiger partial charge in [-0.1, -0.05) is 6.08 Å². The van der Waals surface area contributed by atoms with Gasteiger partial charge in [0.15, 0.2) is 0 Å². The highest BCUT2D eigenvalue weighted by molar-refractivity contribution is 5.86. The van der Waals surface area contributed by atoms with E-state index in [1.54, 1.807) is 46.6 Å². The van der Waals surface area contributed by atoms with Crippen LogP contribution in [-0.4, -0.2) is 65.5 Å². The molecular weight excluding hydrogens is 410 g/mol. The van der Waals surface area contributed by atoms with E-state index in [9.17, 15) is 4.79 Å². The molecule has 0 radical (unpaired) electrons. The molecular formula is C25H31NO6. The maximum Gasteiger partial charge on any atom is 0.231 e. The van der Waals surface area contributed by atoms with Gasteiger partial charge in [0.25, 0.3) is 0 Å². The lowest BCUT2D eigenvalue weighted by Crippen LogP contribution is -2.44. The van der Waals surface area contributed by atoms with Crippen LogP contribution >= 0.6 is 0 Å². The van der Waals surface area contributed by atoms with Crippen LogP contribution in [0.25, 0.3) is 0 Å². The Morgan fingerprint density at radius 1 is 0.844 bits per heavy atom. The van der Waals surface area contributed by atoms with Crippen molar-refractivity contribution in [2.24, 2.45) is 0 Å². The van der Waals surface area contributed by atoms with Crippen LogP contribution in [0.4, 0.5) is 0 Å². The summed E-state index contributed by atoms with van der Waals surface area (Å²) in [5.74, 6) is 1.63. The smallest absolute Gasteiger partial charge is 0.231 e. The summed E-state index contributed by atoms with van der Waals surface area (Å²) in [6.07, 6.45) is 1.79. The SMILES string of the molecule is C=C[C@H](c1cc(OC)cc(OC)c1)[C@H](C(=O)N1CCOCC1)c1cc(OC)cc(OC)c1. The Bertz CT molecular complexity index is 894. The topological polar surface area (TPSA) is 66.5 Å². The van der Waals surface area contributed by atoms with E-state index in [1.165, 1.54) is 0 Å². The molecule has 32 heavy (non-hydrogen) atoms. The summed E-state index contributed by atoms with van der Waals surface area (Å²) in [6, 6.07) is 11.2. The quantitative estimate of drug-likeness (QED) is 0.554. The first-order chi connectivity index (χ1) is 15.5. The fraction of sp³-hybridized carbons (Fsp3) is 0.400. The summed E-state index contributed by atoms with van der Waals surface area (Å²) in [7, 11) is 6.39. The lowest BCUT2D eigenvalue weighted by molar-refractivity contribution is -0.137. The molecule has 0 saturated carbocycles. The zero-order valence-corrected chi connectivity index (χ0v) is 19.1. The fourth-order valence-electron chi connectivity index (χ4n) is 3.98. The second-order valence-electron chi connectivity index (χ2n) is 7.47. The van der Waals surface area contributed by atoms with E-state index < -0.39 is 5.92 Å². The van der Waals surface area contributed by atoms with Crippen molar-refractivity contribution in [2.75, 3.05) is 54.7 Å². The number of methoxy groups -OCH3 is 4. The van der Waals surface area contributed by atoms with E-state index in [-0.39, 0.29) is 11.8 Å². The van der Waals surface area contributed by atoms with Crippen LogP contribution in [0.2, 0.25) is 0 Å². The van der Waals surface area contributed by atoms with Gasteiger partial charge in [0.05, 0.1) is 47.6 Å². The molecule has 1 aliphatic rings. The Labute approximate surface area is 189 Å². The zero-order chi connectivity index (χ0) is 23.1. The second-order valence-corrected chi connectivity index (χ2v) is 7.47. The van der Waals surface area contributed by atoms with Gasteiger partial charge in [-0.15, -0.1) is 6.58 Å². The van der Waals surface area contributed by atoms with Crippen LogP contribution in [0.1, 0.15) is 23.0 Å². The molecule has 0 N–H and O–H groups in total. The van der Waals surface area contributed by atoms with Crippen LogP contribution in [-0.2, 0) is 9.53 Å². The molecule has 172 valence electrons. The van der Waals surface area contributed by atoms with Crippen LogP contribution in [0.15, 0.2) is 49.1 Å². The predicted octanol–water partition coefficient (Wildman–Crippen LogP) is 3.63. The van der Waals surface area contributed by atoms with E-state index in [4.69, 9.17) is 23.7 Å². The number of hydrogen-bond donors (Lipinski definition) is 0. The number of nitrogens with zero attached hydrogens (tertiary/aromatic N) is 1. The molecule has 1 heterocycles. The standard InChI is InChI=1S/C25H31NO6/c1-6-23(17-11-19(28-2)15-20(12-17)29-3)24(25(27)26-7-9-32-10-8-26)18-13-21(30-4)16-22(14-18)31-5/h6,11-16,23-24H,1,7-10H2,2-5H3/t23-,24-/m1/s1. The normalized spacial score (nSPS) is 15.4. The van der Waals surface area contributed by atoms with Gasteiger partial charge in [0.2, 0.25) is 5.91 Å². The third-order valence-electron chi connectivity index (χ3n) is 5.69. The maximum atomic E-state index is 13.9. The first kappa shape index (κ1) is 23.5. The predicted molar refractivity (Wildman–Crippen MR) is 122 cm³/mol. The Hall–Kier alpha value is -3.19. The molecule has 1 amide bonds. The summed E-state index contributed by atoms with van der Waals surface area (Å²) < 4.78 is 27.3. The molecule has 2 aromatic carbocycles. The van der Waals surface area contributed by atoms with Crippen LogP contribution in [0.3, 0.4) is 0 Å². The Morgan fingerprint density at radius 2 is 1.28 bits per heavy atom. The molecule has 2 aromatic rings. The first-order valence-corrected chi connectivity index (χ1v) is 10.5. The lowest BCUT2D eigenvalue weighted by Gasteiger charge is -2.34. The van der Waals surface area contributed by atoms with Gasteiger partial charge in [-0.3, -0.25) is 4.79 Å². The number of hydrogen-bond acceptors (Lipinski definition) is 6. The Balaban J connectivity index is 2.14. The van der Waals surface area contributed by atoms with E-state index >= 15 is 0 Å². The number of allylic oxidation sites excluding steroid dienone is 1. The maximum absolute atomic E-state index is 13.9. The number of carbonyl (C=O) groups excluding carboxylic acids is 1. The van der Waals surface area contributed by atoms with Gasteiger partial charge < -0.3 is 28.6 Å². The summed E-state index contributed by atoms with van der Waals surface area (Å²) in [6.45, 7) is 6.19. The molecule has 2 atom stereocenters. The number of benzene rings is 2. The summed E-state index contributed by atoms with van der Waals surface area (Å²) in [4.78, 5) is 15.7. The van der Waals surface area contributed by atoms with Crippen molar-refractivity contribution in [1.82, 2.24) is 4.90 Å². The monoisotopic (exact) mass is 441 g/mol. The third-order valence-corrected chi connectivity index (χ3v) is 5.69. The average Bonchev–Trinajstić information content (AvgIpc) is 2.86. The number of morpholine rings is 1. The molecule has 1 saturated heterocycles. The van der Waals surface area contributed by atoms with Gasteiger partial charge in [0, 0.05) is 31.1 Å². The van der Waals surface area contributed by atoms with Gasteiger partial charge >= 0.3 is 0 Å². The minimum Gasteiger partial charge on any atom is -0.497 e. The highest BCUT2D eigenvalue weighted by atomic mass is 16.5. The summed E-state index contributed by atoms with van der Waals surface area (Å²) in [5.41, 5.74) is 1.65. The second kappa shape index (κ2) is 10.9. The number of rotatable bonds is 9. The van der Waals surface area contributed by atoms with Crippen molar-refractivity contribution in [3.8, 4) is 23.0 Å². The molecule has 0 spiro atoms. The van der Waals surface area contributed by atoms with Crippen molar-refractivity contribution >= 4 is 5.91 Å². The average molecular weight is 442 g/mol. The van der Waals surface area contributed by atoms with Gasteiger partial charge in [0.1, 0.15) is 23.0 Å². The van der Waals surface area contributed by atoms with Crippen molar-refractivity contribution < 1.29 is 28.5 Å². The van der Waals surface area contributed by atoms with Crippen molar-refractivity contribution in [3.63, 3.8) is 0 Å². The first-order valence-electron chi connectivity index (χ1n) is 10.5. The molecule has 1 fully saturated rings. The zero-order valence-electron chi connectivity index (χ0n) is 19.1. The highest BCUT2D eigenvalue weighted by Gasteiger charge is 2.34. The van der Waals surface area contributed by atoms with Crippen molar-refractivity contribution in [1.29, 1.82) is 0 Å². The molecule has 3 rings (SSSR count). The molecule has 0 bridgehead atoms. The Morgan fingerprint density at radius 3 is 1.69 bits per heavy atom. The van der Waals surface area contributed by atoms with Crippen molar-refractivity contribution in [3.05, 3.63) is 60.2 Å². The van der Waals surface area contributed by atoms with Crippen LogP contribution < -0.4 is 18.9 Å². The minimum atomic E-state index is -0.550. The molecule has 0 unspecified atom stereocenters. The summed E-state index contributed by atoms with van der Waals surface area (Å²) in [5, 5.41) is 0. The molecule has 1 aliphatic heterocycles. The molecule has 0 aliphatic carbocycles. The minimum absolute atomic E-state index is 0.00436. The summed E-state index contributed by atoms with van der Waals surface area (Å²) >= 11 is 0. The van der Waals surface area contributed by atoms with Gasteiger partial charge in [-0.05, 0) is 35.4 Å².